The van der Waals surface area contributed by atoms with Gasteiger partial charge < -0.3 is 10.7 Å². The second-order valence-electron chi connectivity index (χ2n) is 3.89. The normalized spacial score (nSPS) is 10.2. The summed E-state index contributed by atoms with van der Waals surface area (Å²) >= 11 is 17.8. The molecule has 0 aliphatic carbocycles. The predicted octanol–water partition coefficient (Wildman–Crippen LogP) is 4.18. The van der Waals surface area contributed by atoms with Crippen molar-refractivity contribution in [3.8, 4) is 0 Å². The van der Waals surface area contributed by atoms with Gasteiger partial charge in [0.1, 0.15) is 0 Å². The third kappa shape index (κ3) is 3.16. The average molecular weight is 331 g/mol. The van der Waals surface area contributed by atoms with Crippen molar-refractivity contribution in [1.29, 1.82) is 0 Å². The Hall–Kier alpha value is -1.46. The molecule has 0 saturated carbocycles. The molecule has 0 unspecified atom stereocenters. The highest BCUT2D eigenvalue weighted by Crippen LogP contribution is 2.30. The van der Waals surface area contributed by atoms with Crippen molar-refractivity contribution >= 4 is 52.1 Å². The number of hydrogen-bond donors (Lipinski definition) is 3. The quantitative estimate of drug-likeness (QED) is 0.584. The van der Waals surface area contributed by atoms with Crippen LogP contribution < -0.4 is 16.6 Å². The first-order valence-electron chi connectivity index (χ1n) is 5.54. The highest BCUT2D eigenvalue weighted by Gasteiger charge is 2.14. The predicted molar refractivity (Wildman–Crippen MR) is 83.7 cm³/mol. The SMILES string of the molecule is NNc1ccc(Cl)cc1C(=O)Nc1cccc(Cl)c1Cl. The smallest absolute Gasteiger partial charge is 0.257 e. The molecule has 0 heterocycles. The molecule has 4 nitrogen and oxygen atoms in total. The fourth-order valence-corrected chi connectivity index (χ4v) is 2.14. The van der Waals surface area contributed by atoms with Crippen molar-refractivity contribution in [1.82, 2.24) is 0 Å². The van der Waals surface area contributed by atoms with Gasteiger partial charge in [0.25, 0.3) is 5.91 Å². The summed E-state index contributed by atoms with van der Waals surface area (Å²) < 4.78 is 0. The van der Waals surface area contributed by atoms with E-state index in [0.29, 0.717) is 27.0 Å². The van der Waals surface area contributed by atoms with E-state index >= 15 is 0 Å². The number of benzene rings is 2. The second kappa shape index (κ2) is 6.33. The summed E-state index contributed by atoms with van der Waals surface area (Å²) in [5.74, 6) is 4.97. The molecule has 2 aromatic rings. The Balaban J connectivity index is 2.33. The van der Waals surface area contributed by atoms with Crippen LogP contribution >= 0.6 is 34.8 Å². The molecule has 0 spiro atoms. The lowest BCUT2D eigenvalue weighted by Crippen LogP contribution is -2.17. The molecular formula is C13H10Cl3N3O. The molecule has 1 amide bonds. The van der Waals surface area contributed by atoms with Gasteiger partial charge in [0.15, 0.2) is 0 Å². The molecule has 0 radical (unpaired) electrons. The van der Waals surface area contributed by atoms with Gasteiger partial charge in [-0.3, -0.25) is 10.6 Å². The van der Waals surface area contributed by atoms with Crippen molar-refractivity contribution in [2.45, 2.75) is 0 Å². The molecule has 4 N–H and O–H groups in total. The van der Waals surface area contributed by atoms with E-state index in [1.54, 1.807) is 30.3 Å². The van der Waals surface area contributed by atoms with Crippen molar-refractivity contribution in [2.75, 3.05) is 10.7 Å². The Morgan fingerprint density at radius 3 is 2.50 bits per heavy atom. The topological polar surface area (TPSA) is 67.1 Å². The van der Waals surface area contributed by atoms with Crippen LogP contribution in [0.2, 0.25) is 15.1 Å². The molecule has 0 fully saturated rings. The van der Waals surface area contributed by atoms with Gasteiger partial charge in [0, 0.05) is 5.02 Å². The average Bonchev–Trinajstić information content (AvgIpc) is 2.43. The lowest BCUT2D eigenvalue weighted by molar-refractivity contribution is 0.102. The van der Waals surface area contributed by atoms with Crippen molar-refractivity contribution in [3.63, 3.8) is 0 Å². The van der Waals surface area contributed by atoms with Crippen molar-refractivity contribution in [2.24, 2.45) is 5.84 Å². The zero-order chi connectivity index (χ0) is 14.7. The van der Waals surface area contributed by atoms with Gasteiger partial charge in [-0.15, -0.1) is 0 Å². The Morgan fingerprint density at radius 1 is 1.05 bits per heavy atom. The van der Waals surface area contributed by atoms with E-state index < -0.39 is 5.91 Å². The number of anilines is 2. The van der Waals surface area contributed by atoms with Crippen LogP contribution in [0.4, 0.5) is 11.4 Å². The number of hydrazine groups is 1. The van der Waals surface area contributed by atoms with Crippen LogP contribution in [0, 0.1) is 0 Å². The number of nitrogens with two attached hydrogens (primary N) is 1. The van der Waals surface area contributed by atoms with Gasteiger partial charge in [-0.05, 0) is 30.3 Å². The Bertz CT molecular complexity index is 661. The van der Waals surface area contributed by atoms with Crippen LogP contribution in [-0.4, -0.2) is 5.91 Å². The van der Waals surface area contributed by atoms with E-state index in [1.165, 1.54) is 6.07 Å². The van der Waals surface area contributed by atoms with Crippen LogP contribution in [0.5, 0.6) is 0 Å². The number of halogens is 3. The maximum Gasteiger partial charge on any atom is 0.257 e. The summed E-state index contributed by atoms with van der Waals surface area (Å²) in [7, 11) is 0. The molecule has 104 valence electrons. The van der Waals surface area contributed by atoms with Crippen LogP contribution in [0.3, 0.4) is 0 Å². The molecule has 7 heteroatoms. The number of carbonyl (C=O) groups excluding carboxylic acids is 1. The minimum atomic E-state index is -0.399. The Kier molecular flexibility index (Phi) is 4.73. The van der Waals surface area contributed by atoms with E-state index in [4.69, 9.17) is 40.6 Å². The fraction of sp³-hybridized carbons (Fsp3) is 0. The monoisotopic (exact) mass is 329 g/mol. The van der Waals surface area contributed by atoms with Gasteiger partial charge >= 0.3 is 0 Å². The lowest BCUT2D eigenvalue weighted by atomic mass is 10.1. The fourth-order valence-electron chi connectivity index (χ4n) is 1.62. The summed E-state index contributed by atoms with van der Waals surface area (Å²) in [6.07, 6.45) is 0. The molecule has 2 aromatic carbocycles. The van der Waals surface area contributed by atoms with Gasteiger partial charge in [0.2, 0.25) is 0 Å². The number of nitrogens with one attached hydrogen (secondary N) is 2. The molecular weight excluding hydrogens is 321 g/mol. The summed E-state index contributed by atoms with van der Waals surface area (Å²) in [5.41, 5.74) is 3.60. The van der Waals surface area contributed by atoms with Crippen LogP contribution in [0.15, 0.2) is 36.4 Å². The third-order valence-electron chi connectivity index (χ3n) is 2.58. The van der Waals surface area contributed by atoms with E-state index in [1.807, 2.05) is 0 Å². The second-order valence-corrected chi connectivity index (χ2v) is 5.11. The van der Waals surface area contributed by atoms with E-state index in [2.05, 4.69) is 10.7 Å². The zero-order valence-electron chi connectivity index (χ0n) is 10.1. The van der Waals surface area contributed by atoms with Crippen molar-refractivity contribution < 1.29 is 4.79 Å². The zero-order valence-corrected chi connectivity index (χ0v) is 12.4. The molecule has 0 aliphatic heterocycles. The van der Waals surface area contributed by atoms with Crippen LogP contribution in [0.1, 0.15) is 10.4 Å². The minimum absolute atomic E-state index is 0.270. The largest absolute Gasteiger partial charge is 0.323 e. The third-order valence-corrected chi connectivity index (χ3v) is 3.64. The Morgan fingerprint density at radius 2 is 1.80 bits per heavy atom. The van der Waals surface area contributed by atoms with Gasteiger partial charge in [-0.25, -0.2) is 0 Å². The van der Waals surface area contributed by atoms with E-state index in [0.717, 1.165) is 0 Å². The highest BCUT2D eigenvalue weighted by atomic mass is 35.5. The maximum absolute atomic E-state index is 12.2. The summed E-state index contributed by atoms with van der Waals surface area (Å²) in [5, 5.41) is 3.71. The summed E-state index contributed by atoms with van der Waals surface area (Å²) in [4.78, 5) is 12.2. The van der Waals surface area contributed by atoms with E-state index in [-0.39, 0.29) is 5.02 Å². The molecule has 0 aliphatic rings. The lowest BCUT2D eigenvalue weighted by Gasteiger charge is -2.11. The van der Waals surface area contributed by atoms with Gasteiger partial charge in [-0.2, -0.15) is 0 Å². The first kappa shape index (κ1) is 14.9. The number of amides is 1. The number of hydrogen-bond acceptors (Lipinski definition) is 3. The van der Waals surface area contributed by atoms with Crippen LogP contribution in [-0.2, 0) is 0 Å². The van der Waals surface area contributed by atoms with Gasteiger partial charge in [0.05, 0.1) is 27.0 Å². The molecule has 20 heavy (non-hydrogen) atoms. The molecule has 0 saturated heterocycles. The molecule has 0 atom stereocenters. The maximum atomic E-state index is 12.2. The molecule has 0 aromatic heterocycles. The molecule has 2 rings (SSSR count). The highest BCUT2D eigenvalue weighted by molar-refractivity contribution is 6.44. The van der Waals surface area contributed by atoms with E-state index in [9.17, 15) is 4.79 Å². The standard InChI is InChI=1S/C13H10Cl3N3O/c14-7-4-5-10(19-17)8(6-7)13(20)18-11-3-1-2-9(15)12(11)16/h1-6,19H,17H2,(H,18,20). The first-order valence-corrected chi connectivity index (χ1v) is 6.68. The number of carbonyl (C=O) groups is 1. The Labute approximate surface area is 130 Å². The first-order chi connectivity index (χ1) is 9.52. The number of rotatable bonds is 3. The number of nitrogen functional groups attached to an aromatic ring is 1. The molecule has 0 bridgehead atoms. The summed E-state index contributed by atoms with van der Waals surface area (Å²) in [6, 6.07) is 9.70. The van der Waals surface area contributed by atoms with Crippen molar-refractivity contribution in [3.05, 3.63) is 57.0 Å². The van der Waals surface area contributed by atoms with Crippen LogP contribution in [0.25, 0.3) is 0 Å². The minimum Gasteiger partial charge on any atom is -0.323 e. The summed E-state index contributed by atoms with van der Waals surface area (Å²) in [6.45, 7) is 0. The van der Waals surface area contributed by atoms with Gasteiger partial charge in [-0.1, -0.05) is 40.9 Å².